The Hall–Kier alpha value is -1.35. The first-order chi connectivity index (χ1) is 8.79. The Bertz CT molecular complexity index is 454. The highest BCUT2D eigenvalue weighted by Gasteiger charge is 2.26. The van der Waals surface area contributed by atoms with Gasteiger partial charge >= 0.3 is 0 Å². The van der Waals surface area contributed by atoms with E-state index in [9.17, 15) is 4.79 Å². The molecule has 1 amide bonds. The van der Waals surface area contributed by atoms with Gasteiger partial charge in [-0.1, -0.05) is 26.0 Å². The molecule has 1 atom stereocenters. The summed E-state index contributed by atoms with van der Waals surface area (Å²) in [4.78, 5) is 12.4. The Balaban J connectivity index is 2.92. The summed E-state index contributed by atoms with van der Waals surface area (Å²) in [7, 11) is 0. The van der Waals surface area contributed by atoms with E-state index in [1.165, 1.54) is 0 Å². The van der Waals surface area contributed by atoms with Crippen LogP contribution in [-0.2, 0) is 0 Å². The van der Waals surface area contributed by atoms with E-state index >= 15 is 0 Å². The van der Waals surface area contributed by atoms with Gasteiger partial charge in [-0.15, -0.1) is 0 Å². The van der Waals surface area contributed by atoms with Crippen LogP contribution in [0, 0.1) is 19.8 Å². The molecule has 106 valence electrons. The van der Waals surface area contributed by atoms with Crippen LogP contribution in [0.3, 0.4) is 0 Å². The van der Waals surface area contributed by atoms with Gasteiger partial charge in [0.1, 0.15) is 0 Å². The zero-order valence-corrected chi connectivity index (χ0v) is 12.7. The molecule has 3 N–H and O–H groups in total. The van der Waals surface area contributed by atoms with E-state index in [1.807, 2.05) is 39.0 Å². The lowest BCUT2D eigenvalue weighted by Crippen LogP contribution is -2.52. The Morgan fingerprint density at radius 2 is 2.00 bits per heavy atom. The molecule has 3 heteroatoms. The molecule has 1 rings (SSSR count). The van der Waals surface area contributed by atoms with Gasteiger partial charge in [0, 0.05) is 17.6 Å². The van der Waals surface area contributed by atoms with Crippen LogP contribution < -0.4 is 11.1 Å². The second-order valence-corrected chi connectivity index (χ2v) is 6.06. The highest BCUT2D eigenvalue weighted by Crippen LogP contribution is 2.18. The quantitative estimate of drug-likeness (QED) is 0.857. The van der Waals surface area contributed by atoms with Crippen molar-refractivity contribution < 1.29 is 4.79 Å². The number of amides is 1. The first-order valence-corrected chi connectivity index (χ1v) is 6.88. The maximum absolute atomic E-state index is 12.4. The molecular weight excluding hydrogens is 236 g/mol. The van der Waals surface area contributed by atoms with Gasteiger partial charge in [0.05, 0.1) is 0 Å². The molecule has 0 saturated heterocycles. The summed E-state index contributed by atoms with van der Waals surface area (Å²) >= 11 is 0. The van der Waals surface area contributed by atoms with Gasteiger partial charge in [-0.3, -0.25) is 4.79 Å². The number of aryl methyl sites for hydroxylation is 1. The molecule has 0 aliphatic rings. The maximum atomic E-state index is 12.4. The number of nitrogens with one attached hydrogen (secondary N) is 1. The number of hydrogen-bond acceptors (Lipinski definition) is 2. The van der Waals surface area contributed by atoms with E-state index in [0.29, 0.717) is 12.5 Å². The van der Waals surface area contributed by atoms with Gasteiger partial charge in [-0.2, -0.15) is 0 Å². The molecule has 19 heavy (non-hydrogen) atoms. The average Bonchev–Trinajstić information content (AvgIpc) is 2.31. The second-order valence-electron chi connectivity index (χ2n) is 6.06. The minimum Gasteiger partial charge on any atom is -0.346 e. The summed E-state index contributed by atoms with van der Waals surface area (Å²) in [5, 5.41) is 3.09. The highest BCUT2D eigenvalue weighted by molar-refractivity contribution is 5.96. The van der Waals surface area contributed by atoms with Crippen molar-refractivity contribution in [2.45, 2.75) is 46.6 Å². The molecule has 1 unspecified atom stereocenters. The minimum absolute atomic E-state index is 0.0326. The molecule has 1 aromatic rings. The van der Waals surface area contributed by atoms with Crippen LogP contribution in [0.1, 0.15) is 48.7 Å². The molecule has 0 fully saturated rings. The Morgan fingerprint density at radius 3 is 2.53 bits per heavy atom. The lowest BCUT2D eigenvalue weighted by molar-refractivity contribution is 0.0897. The summed E-state index contributed by atoms with van der Waals surface area (Å²) in [5.74, 6) is 0.460. The molecule has 0 aliphatic heterocycles. The summed E-state index contributed by atoms with van der Waals surface area (Å²) in [6.07, 6.45) is 0.875. The third-order valence-corrected chi connectivity index (χ3v) is 3.57. The third-order valence-electron chi connectivity index (χ3n) is 3.57. The Labute approximate surface area is 116 Å². The van der Waals surface area contributed by atoms with Crippen molar-refractivity contribution in [1.29, 1.82) is 0 Å². The summed E-state index contributed by atoms with van der Waals surface area (Å²) in [5.41, 5.74) is 8.39. The normalized spacial score (nSPS) is 14.3. The van der Waals surface area contributed by atoms with E-state index in [0.717, 1.165) is 23.1 Å². The Kier molecular flexibility index (Phi) is 5.12. The smallest absolute Gasteiger partial charge is 0.252 e. The number of benzene rings is 1. The van der Waals surface area contributed by atoms with Crippen molar-refractivity contribution in [1.82, 2.24) is 5.32 Å². The van der Waals surface area contributed by atoms with Crippen LogP contribution in [0.15, 0.2) is 18.2 Å². The maximum Gasteiger partial charge on any atom is 0.252 e. The van der Waals surface area contributed by atoms with E-state index in [1.54, 1.807) is 0 Å². The molecule has 0 radical (unpaired) electrons. The van der Waals surface area contributed by atoms with Crippen LogP contribution in [0.5, 0.6) is 0 Å². The standard InChI is InChI=1S/C16H26N2O/c1-11(2)9-16(5,10-17)18-15(19)14-8-6-7-12(3)13(14)4/h6-8,11H,9-10,17H2,1-5H3,(H,18,19). The molecular formula is C16H26N2O. The number of rotatable bonds is 5. The fourth-order valence-electron chi connectivity index (χ4n) is 2.42. The predicted molar refractivity (Wildman–Crippen MR) is 80.3 cm³/mol. The molecule has 0 bridgehead atoms. The van der Waals surface area contributed by atoms with Crippen molar-refractivity contribution >= 4 is 5.91 Å². The number of nitrogens with two attached hydrogens (primary N) is 1. The predicted octanol–water partition coefficient (Wildman–Crippen LogP) is 2.80. The summed E-state index contributed by atoms with van der Waals surface area (Å²) in [6.45, 7) is 10.7. The second kappa shape index (κ2) is 6.20. The van der Waals surface area contributed by atoms with Gasteiger partial charge in [0.2, 0.25) is 0 Å². The third kappa shape index (κ3) is 4.06. The zero-order valence-electron chi connectivity index (χ0n) is 12.7. The van der Waals surface area contributed by atoms with Crippen molar-refractivity contribution in [3.8, 4) is 0 Å². The highest BCUT2D eigenvalue weighted by atomic mass is 16.1. The first kappa shape index (κ1) is 15.7. The molecule has 0 spiro atoms. The largest absolute Gasteiger partial charge is 0.346 e. The number of carbonyl (C=O) groups is 1. The molecule has 0 heterocycles. The van der Waals surface area contributed by atoms with Gasteiger partial charge in [0.15, 0.2) is 0 Å². The lowest BCUT2D eigenvalue weighted by Gasteiger charge is -2.31. The molecule has 0 aliphatic carbocycles. The van der Waals surface area contributed by atoms with Gasteiger partial charge < -0.3 is 11.1 Å². The van der Waals surface area contributed by atoms with Gasteiger partial charge in [-0.05, 0) is 50.3 Å². The fraction of sp³-hybridized carbons (Fsp3) is 0.562. The van der Waals surface area contributed by atoms with Crippen LogP contribution in [-0.4, -0.2) is 18.0 Å². The lowest BCUT2D eigenvalue weighted by atomic mass is 9.90. The average molecular weight is 262 g/mol. The van der Waals surface area contributed by atoms with Crippen LogP contribution in [0.4, 0.5) is 0 Å². The SMILES string of the molecule is Cc1cccc(C(=O)NC(C)(CN)CC(C)C)c1C. The van der Waals surface area contributed by atoms with Crippen molar-refractivity contribution in [2.24, 2.45) is 11.7 Å². The number of carbonyl (C=O) groups excluding carboxylic acids is 1. The van der Waals surface area contributed by atoms with E-state index < -0.39 is 0 Å². The molecule has 1 aromatic carbocycles. The first-order valence-electron chi connectivity index (χ1n) is 6.88. The molecule has 0 saturated carbocycles. The number of hydrogen-bond donors (Lipinski definition) is 2. The monoisotopic (exact) mass is 262 g/mol. The van der Waals surface area contributed by atoms with E-state index in [-0.39, 0.29) is 11.4 Å². The van der Waals surface area contributed by atoms with Crippen molar-refractivity contribution in [3.05, 3.63) is 34.9 Å². The summed E-state index contributed by atoms with van der Waals surface area (Å²) < 4.78 is 0. The van der Waals surface area contributed by atoms with Crippen LogP contribution >= 0.6 is 0 Å². The van der Waals surface area contributed by atoms with Gasteiger partial charge in [-0.25, -0.2) is 0 Å². The van der Waals surface area contributed by atoms with E-state index in [2.05, 4.69) is 19.2 Å². The van der Waals surface area contributed by atoms with Gasteiger partial charge in [0.25, 0.3) is 5.91 Å². The van der Waals surface area contributed by atoms with E-state index in [4.69, 9.17) is 5.73 Å². The molecule has 0 aromatic heterocycles. The fourth-order valence-corrected chi connectivity index (χ4v) is 2.42. The van der Waals surface area contributed by atoms with Crippen molar-refractivity contribution in [2.75, 3.05) is 6.54 Å². The zero-order chi connectivity index (χ0) is 14.6. The Morgan fingerprint density at radius 1 is 1.37 bits per heavy atom. The van der Waals surface area contributed by atoms with Crippen LogP contribution in [0.2, 0.25) is 0 Å². The topological polar surface area (TPSA) is 55.1 Å². The molecule has 3 nitrogen and oxygen atoms in total. The minimum atomic E-state index is -0.346. The summed E-state index contributed by atoms with van der Waals surface area (Å²) in [6, 6.07) is 5.80. The van der Waals surface area contributed by atoms with Crippen LogP contribution in [0.25, 0.3) is 0 Å². The van der Waals surface area contributed by atoms with Crippen molar-refractivity contribution in [3.63, 3.8) is 0 Å².